The molecular formula is C29H32Cl2FN3O4S. The molecule has 0 saturated heterocycles. The van der Waals surface area contributed by atoms with Gasteiger partial charge in [-0.1, -0.05) is 67.4 Å². The molecular weight excluding hydrogens is 576 g/mol. The van der Waals surface area contributed by atoms with E-state index in [0.717, 1.165) is 16.4 Å². The number of nitrogens with one attached hydrogen (secondary N) is 1. The summed E-state index contributed by atoms with van der Waals surface area (Å²) in [5, 5.41) is 3.14. The van der Waals surface area contributed by atoms with E-state index in [1.165, 1.54) is 23.1 Å². The number of benzene rings is 3. The highest BCUT2D eigenvalue weighted by Gasteiger charge is 2.34. The molecule has 11 heteroatoms. The normalized spacial score (nSPS) is 12.8. The molecule has 214 valence electrons. The second-order valence-corrected chi connectivity index (χ2v) is 12.0. The molecule has 2 amide bonds. The number of halogens is 3. The zero-order valence-electron chi connectivity index (χ0n) is 22.5. The Hall–Kier alpha value is -3.14. The summed E-state index contributed by atoms with van der Waals surface area (Å²) < 4.78 is 42.4. The van der Waals surface area contributed by atoms with Gasteiger partial charge in [0.05, 0.1) is 15.6 Å². The lowest BCUT2D eigenvalue weighted by Gasteiger charge is -2.33. The van der Waals surface area contributed by atoms with Crippen molar-refractivity contribution in [3.8, 4) is 0 Å². The Kier molecular flexibility index (Phi) is 11.0. The van der Waals surface area contributed by atoms with Gasteiger partial charge in [-0.25, -0.2) is 12.8 Å². The van der Waals surface area contributed by atoms with Crippen LogP contribution in [0.4, 0.5) is 10.1 Å². The number of carbonyl (C=O) groups excluding carboxylic acids is 2. The maximum Gasteiger partial charge on any atom is 0.264 e. The maximum atomic E-state index is 14.0. The number of anilines is 1. The van der Waals surface area contributed by atoms with Gasteiger partial charge in [-0.3, -0.25) is 13.9 Å². The Balaban J connectivity index is 2.06. The van der Waals surface area contributed by atoms with Crippen LogP contribution in [0.15, 0.2) is 77.7 Å². The van der Waals surface area contributed by atoms with Crippen molar-refractivity contribution >= 4 is 50.7 Å². The molecule has 0 unspecified atom stereocenters. The van der Waals surface area contributed by atoms with E-state index in [4.69, 9.17) is 23.2 Å². The van der Waals surface area contributed by atoms with E-state index in [1.807, 2.05) is 13.8 Å². The van der Waals surface area contributed by atoms with Crippen LogP contribution in [0.3, 0.4) is 0 Å². The summed E-state index contributed by atoms with van der Waals surface area (Å²) in [6.45, 7) is 4.96. The molecule has 0 spiro atoms. The first-order chi connectivity index (χ1) is 19.0. The smallest absolute Gasteiger partial charge is 0.264 e. The molecule has 3 rings (SSSR count). The third-order valence-electron chi connectivity index (χ3n) is 6.45. The predicted octanol–water partition coefficient (Wildman–Crippen LogP) is 6.05. The van der Waals surface area contributed by atoms with E-state index < -0.39 is 34.3 Å². The van der Waals surface area contributed by atoms with Gasteiger partial charge in [0, 0.05) is 17.6 Å². The molecule has 0 aliphatic rings. The monoisotopic (exact) mass is 607 g/mol. The van der Waals surface area contributed by atoms with E-state index in [0.29, 0.717) is 17.0 Å². The van der Waals surface area contributed by atoms with E-state index >= 15 is 0 Å². The van der Waals surface area contributed by atoms with Gasteiger partial charge in [-0.05, 0) is 67.8 Å². The van der Waals surface area contributed by atoms with Crippen molar-refractivity contribution in [2.24, 2.45) is 0 Å². The molecule has 2 atom stereocenters. The van der Waals surface area contributed by atoms with Gasteiger partial charge >= 0.3 is 0 Å². The first kappa shape index (κ1) is 31.4. The molecule has 0 aliphatic carbocycles. The van der Waals surface area contributed by atoms with Crippen LogP contribution in [0.2, 0.25) is 10.0 Å². The number of rotatable bonds is 12. The van der Waals surface area contributed by atoms with Crippen molar-refractivity contribution in [1.82, 2.24) is 10.2 Å². The Labute approximate surface area is 244 Å². The Morgan fingerprint density at radius 3 is 2.17 bits per heavy atom. The van der Waals surface area contributed by atoms with Gasteiger partial charge in [-0.2, -0.15) is 0 Å². The average Bonchev–Trinajstić information content (AvgIpc) is 2.94. The van der Waals surface area contributed by atoms with Crippen molar-refractivity contribution in [3.63, 3.8) is 0 Å². The summed E-state index contributed by atoms with van der Waals surface area (Å²) in [5.74, 6) is -1.70. The number of carbonyl (C=O) groups is 2. The molecule has 0 heterocycles. The highest BCUT2D eigenvalue weighted by molar-refractivity contribution is 7.92. The molecule has 40 heavy (non-hydrogen) atoms. The fraction of sp³-hybridized carbons (Fsp3) is 0.310. The lowest BCUT2D eigenvalue weighted by atomic mass is 10.1. The molecule has 3 aromatic carbocycles. The summed E-state index contributed by atoms with van der Waals surface area (Å²) in [5.41, 5.74) is 0.710. The number of hydrogen-bond acceptors (Lipinski definition) is 4. The molecule has 1 N–H and O–H groups in total. The zero-order chi connectivity index (χ0) is 29.4. The zero-order valence-corrected chi connectivity index (χ0v) is 24.8. The fourth-order valence-electron chi connectivity index (χ4n) is 4.04. The van der Waals surface area contributed by atoms with E-state index in [1.54, 1.807) is 49.4 Å². The van der Waals surface area contributed by atoms with Crippen molar-refractivity contribution in [2.75, 3.05) is 10.8 Å². The number of hydrogen-bond donors (Lipinski definition) is 1. The molecule has 0 saturated carbocycles. The van der Waals surface area contributed by atoms with E-state index in [-0.39, 0.29) is 40.5 Å². The maximum absolute atomic E-state index is 14.0. The van der Waals surface area contributed by atoms with Gasteiger partial charge in [0.1, 0.15) is 18.4 Å². The quantitative estimate of drug-likeness (QED) is 0.271. The topological polar surface area (TPSA) is 86.8 Å². The summed E-state index contributed by atoms with van der Waals surface area (Å²) in [6.07, 6.45) is 0.983. The van der Waals surface area contributed by atoms with Gasteiger partial charge in [0.15, 0.2) is 0 Å². The molecule has 0 radical (unpaired) electrons. The summed E-state index contributed by atoms with van der Waals surface area (Å²) in [4.78, 5) is 28.6. The standard InChI is InChI=1S/C29H32Cl2FN3O4S/c1-4-20(3)33-29(37)27(5-2)34(18-21-11-13-22(30)14-12-21)28(36)19-35(23-15-16-26(32)25(31)17-23)40(38,39)24-9-7-6-8-10-24/h6-17,20,27H,4-5,18-19H2,1-3H3,(H,33,37)/t20-,27+/m1/s1. The molecule has 0 bridgehead atoms. The van der Waals surface area contributed by atoms with Crippen molar-refractivity contribution < 1.29 is 22.4 Å². The molecule has 0 aliphatic heterocycles. The highest BCUT2D eigenvalue weighted by Crippen LogP contribution is 2.28. The molecule has 3 aromatic rings. The third kappa shape index (κ3) is 7.74. The lowest BCUT2D eigenvalue weighted by Crippen LogP contribution is -2.53. The largest absolute Gasteiger partial charge is 0.352 e. The minimum atomic E-state index is -4.28. The first-order valence-electron chi connectivity index (χ1n) is 12.8. The van der Waals surface area contributed by atoms with E-state index in [9.17, 15) is 22.4 Å². The fourth-order valence-corrected chi connectivity index (χ4v) is 5.76. The predicted molar refractivity (Wildman–Crippen MR) is 156 cm³/mol. The van der Waals surface area contributed by atoms with Crippen LogP contribution < -0.4 is 9.62 Å². The van der Waals surface area contributed by atoms with Gasteiger partial charge in [0.2, 0.25) is 11.8 Å². The first-order valence-corrected chi connectivity index (χ1v) is 15.0. The molecule has 7 nitrogen and oxygen atoms in total. The summed E-state index contributed by atoms with van der Waals surface area (Å²) in [6, 6.07) is 16.8. The van der Waals surface area contributed by atoms with Crippen LogP contribution >= 0.6 is 23.2 Å². The summed E-state index contributed by atoms with van der Waals surface area (Å²) >= 11 is 12.0. The molecule has 0 aromatic heterocycles. The third-order valence-corrected chi connectivity index (χ3v) is 8.78. The lowest BCUT2D eigenvalue weighted by molar-refractivity contribution is -0.140. The van der Waals surface area contributed by atoms with Crippen molar-refractivity contribution in [3.05, 3.63) is 94.2 Å². The Bertz CT molecular complexity index is 1420. The second kappa shape index (κ2) is 14.0. The van der Waals surface area contributed by atoms with Crippen LogP contribution in [0.5, 0.6) is 0 Å². The Morgan fingerprint density at radius 2 is 1.60 bits per heavy atom. The van der Waals surface area contributed by atoms with Crippen molar-refractivity contribution in [2.45, 2.75) is 57.1 Å². The van der Waals surface area contributed by atoms with Crippen molar-refractivity contribution in [1.29, 1.82) is 0 Å². The van der Waals surface area contributed by atoms with E-state index in [2.05, 4.69) is 5.32 Å². The van der Waals surface area contributed by atoms with Crippen LogP contribution in [-0.2, 0) is 26.2 Å². The van der Waals surface area contributed by atoms with Gasteiger partial charge in [0.25, 0.3) is 10.0 Å². The van der Waals surface area contributed by atoms with Crippen LogP contribution in [0.25, 0.3) is 0 Å². The van der Waals surface area contributed by atoms with Crippen LogP contribution in [0.1, 0.15) is 39.2 Å². The minimum Gasteiger partial charge on any atom is -0.352 e. The summed E-state index contributed by atoms with van der Waals surface area (Å²) in [7, 11) is -4.28. The Morgan fingerprint density at radius 1 is 0.950 bits per heavy atom. The second-order valence-electron chi connectivity index (χ2n) is 9.31. The average molecular weight is 609 g/mol. The SMILES string of the molecule is CC[C@@H](C)NC(=O)[C@H](CC)N(Cc1ccc(Cl)cc1)C(=O)CN(c1ccc(F)c(Cl)c1)S(=O)(=O)c1ccccc1. The van der Waals surface area contributed by atoms with Gasteiger partial charge in [-0.15, -0.1) is 0 Å². The minimum absolute atomic E-state index is 0.00662. The number of nitrogens with zero attached hydrogens (tertiary/aromatic N) is 2. The van der Waals surface area contributed by atoms with Crippen LogP contribution in [-0.4, -0.2) is 43.8 Å². The number of amides is 2. The number of sulfonamides is 1. The highest BCUT2D eigenvalue weighted by atomic mass is 35.5. The van der Waals surface area contributed by atoms with Gasteiger partial charge < -0.3 is 10.2 Å². The van der Waals surface area contributed by atoms with Crippen LogP contribution in [0, 0.1) is 5.82 Å². The molecule has 0 fully saturated rings.